The van der Waals surface area contributed by atoms with Crippen LogP contribution in [-0.2, 0) is 14.3 Å². The molecule has 0 bridgehead atoms. The van der Waals surface area contributed by atoms with Crippen LogP contribution in [0.25, 0.3) is 0 Å². The van der Waals surface area contributed by atoms with Crippen LogP contribution >= 0.6 is 6.89 Å². The number of anilines is 1. The highest BCUT2D eigenvalue weighted by atomic mass is 31.2. The summed E-state index contributed by atoms with van der Waals surface area (Å²) in [5, 5.41) is 3.56. The van der Waals surface area contributed by atoms with Gasteiger partial charge in [0.1, 0.15) is 5.29 Å². The summed E-state index contributed by atoms with van der Waals surface area (Å²) in [5.74, 6) is -3.98. The Hall–Kier alpha value is -4.42. The fourth-order valence-corrected chi connectivity index (χ4v) is 8.77. The minimum atomic E-state index is -5.18. The minimum Gasteiger partial charge on any atom is -0.462 e. The Bertz CT molecular complexity index is 1470. The van der Waals surface area contributed by atoms with Gasteiger partial charge in [0.15, 0.2) is 0 Å². The Morgan fingerprint density at radius 3 is 1.55 bits per heavy atom. The van der Waals surface area contributed by atoms with E-state index in [4.69, 9.17) is 4.74 Å². The molecule has 1 amide bonds. The summed E-state index contributed by atoms with van der Waals surface area (Å²) in [4.78, 5) is 40.3. The number of carbonyl (C=O) groups is 3. The lowest BCUT2D eigenvalue weighted by Crippen LogP contribution is -2.39. The zero-order valence-electron chi connectivity index (χ0n) is 21.4. The summed E-state index contributed by atoms with van der Waals surface area (Å²) in [6.45, 7) is -1.74. The van der Waals surface area contributed by atoms with Gasteiger partial charge in [-0.1, -0.05) is 103 Å². The molecule has 204 valence electrons. The first-order valence-electron chi connectivity index (χ1n) is 12.3. The van der Waals surface area contributed by atoms with E-state index in [0.29, 0.717) is 15.9 Å². The van der Waals surface area contributed by atoms with Gasteiger partial charge in [0, 0.05) is 5.56 Å². The van der Waals surface area contributed by atoms with E-state index < -0.39 is 30.7 Å². The number of alkyl halides is 3. The molecule has 0 saturated carbocycles. The van der Waals surface area contributed by atoms with Crippen LogP contribution in [0.15, 0.2) is 115 Å². The Labute approximate surface area is 229 Å². The van der Waals surface area contributed by atoms with Crippen molar-refractivity contribution in [1.82, 2.24) is 0 Å². The maximum atomic E-state index is 14.5. The Morgan fingerprint density at radius 2 is 1.12 bits per heavy atom. The summed E-state index contributed by atoms with van der Waals surface area (Å²) in [6, 6.07) is 32.4. The SMILES string of the molecule is CCOC(=O)C(C(=O)c1ccccc1NC(=O)C(F)(F)F)=P(c1ccccc1)(c1ccccc1)c1ccccc1. The van der Waals surface area contributed by atoms with E-state index in [1.165, 1.54) is 24.3 Å². The second-order valence-corrected chi connectivity index (χ2v) is 11.9. The largest absolute Gasteiger partial charge is 0.471 e. The van der Waals surface area contributed by atoms with Crippen LogP contribution < -0.4 is 21.2 Å². The second kappa shape index (κ2) is 12.2. The van der Waals surface area contributed by atoms with Crippen molar-refractivity contribution in [3.63, 3.8) is 0 Å². The predicted molar refractivity (Wildman–Crippen MR) is 152 cm³/mol. The van der Waals surface area contributed by atoms with Crippen molar-refractivity contribution in [2.24, 2.45) is 0 Å². The smallest absolute Gasteiger partial charge is 0.462 e. The van der Waals surface area contributed by atoms with E-state index in [-0.39, 0.29) is 23.2 Å². The van der Waals surface area contributed by atoms with Gasteiger partial charge >= 0.3 is 18.1 Å². The fourth-order valence-electron chi connectivity index (χ4n) is 4.48. The molecule has 0 atom stereocenters. The summed E-state index contributed by atoms with van der Waals surface area (Å²) in [6.07, 6.45) is -5.18. The van der Waals surface area contributed by atoms with Crippen LogP contribution in [0.4, 0.5) is 18.9 Å². The average molecular weight is 564 g/mol. The number of ether oxygens (including phenoxy) is 1. The van der Waals surface area contributed by atoms with E-state index >= 15 is 0 Å². The highest BCUT2D eigenvalue weighted by Gasteiger charge is 2.41. The van der Waals surface area contributed by atoms with Crippen molar-refractivity contribution in [3.05, 3.63) is 121 Å². The monoisotopic (exact) mass is 563 g/mol. The topological polar surface area (TPSA) is 72.5 Å². The van der Waals surface area contributed by atoms with Crippen molar-refractivity contribution >= 4 is 51.4 Å². The number of nitrogens with one attached hydrogen (secondary N) is 1. The number of esters is 1. The highest BCUT2D eigenvalue weighted by Crippen LogP contribution is 2.47. The highest BCUT2D eigenvalue weighted by molar-refractivity contribution is 7.97. The zero-order valence-corrected chi connectivity index (χ0v) is 22.3. The molecule has 0 heterocycles. The molecule has 5 nitrogen and oxygen atoms in total. The number of ketones is 1. The third-order valence-corrected chi connectivity index (χ3v) is 10.4. The lowest BCUT2D eigenvalue weighted by molar-refractivity contribution is -0.167. The van der Waals surface area contributed by atoms with Gasteiger partial charge in [0.05, 0.1) is 12.3 Å². The second-order valence-electron chi connectivity index (χ2n) is 8.57. The number of para-hydroxylation sites is 1. The summed E-state index contributed by atoms with van der Waals surface area (Å²) < 4.78 is 44.9. The lowest BCUT2D eigenvalue weighted by atomic mass is 10.1. The molecule has 0 aliphatic carbocycles. The van der Waals surface area contributed by atoms with E-state index in [2.05, 4.69) is 0 Å². The molecule has 0 saturated heterocycles. The number of halogens is 3. The van der Waals surface area contributed by atoms with Crippen molar-refractivity contribution in [2.45, 2.75) is 13.1 Å². The molecule has 0 radical (unpaired) electrons. The number of amides is 1. The third-order valence-electron chi connectivity index (χ3n) is 6.13. The van der Waals surface area contributed by atoms with E-state index in [1.807, 2.05) is 54.6 Å². The van der Waals surface area contributed by atoms with Crippen molar-refractivity contribution in [3.8, 4) is 0 Å². The van der Waals surface area contributed by atoms with E-state index in [0.717, 1.165) is 0 Å². The van der Waals surface area contributed by atoms with Gasteiger partial charge < -0.3 is 10.1 Å². The molecule has 4 aromatic carbocycles. The molecule has 1 N–H and O–H groups in total. The van der Waals surface area contributed by atoms with Gasteiger partial charge in [-0.3, -0.25) is 9.59 Å². The number of rotatable bonds is 8. The Morgan fingerprint density at radius 1 is 0.700 bits per heavy atom. The molecule has 0 aliphatic rings. The summed E-state index contributed by atoms with van der Waals surface area (Å²) in [7, 11) is 0. The molecule has 4 rings (SSSR count). The zero-order chi connectivity index (χ0) is 28.8. The van der Waals surface area contributed by atoms with Crippen LogP contribution in [0.2, 0.25) is 0 Å². The third kappa shape index (κ3) is 5.63. The lowest BCUT2D eigenvalue weighted by Gasteiger charge is -2.31. The standard InChI is InChI=1S/C31H25F3NO4P/c1-2-39-29(37)28(27(36)25-20-12-13-21-26(25)35-30(38)31(32,33)34)40(22-14-6-3-7-15-22,23-16-8-4-9-17-23)24-18-10-5-11-19-24/h3-21H,2H2,1H3,(H,35,38). The van der Waals surface area contributed by atoms with E-state index in [1.54, 1.807) is 48.6 Å². The number of benzene rings is 4. The number of carbonyl (C=O) groups excluding carboxylic acids is 3. The molecular weight excluding hydrogens is 538 g/mol. The maximum Gasteiger partial charge on any atom is 0.471 e. The molecule has 9 heteroatoms. The quantitative estimate of drug-likeness (QED) is 0.140. The van der Waals surface area contributed by atoms with Crippen molar-refractivity contribution in [1.29, 1.82) is 0 Å². The van der Waals surface area contributed by atoms with Crippen LogP contribution in [-0.4, -0.2) is 35.7 Å². The van der Waals surface area contributed by atoms with Gasteiger partial charge in [-0.15, -0.1) is 0 Å². The normalized spacial score (nSPS) is 11.4. The van der Waals surface area contributed by atoms with Gasteiger partial charge in [-0.25, -0.2) is 4.79 Å². The number of hydrogen-bond donors (Lipinski definition) is 1. The van der Waals surface area contributed by atoms with Crippen LogP contribution in [0, 0.1) is 0 Å². The van der Waals surface area contributed by atoms with Crippen molar-refractivity contribution < 1.29 is 32.3 Å². The summed E-state index contributed by atoms with van der Waals surface area (Å²) >= 11 is 0. The number of hydrogen-bond acceptors (Lipinski definition) is 4. The molecule has 0 fully saturated rings. The molecular formula is C31H25F3NO4P. The fraction of sp³-hybridized carbons (Fsp3) is 0.0968. The van der Waals surface area contributed by atoms with Crippen LogP contribution in [0.3, 0.4) is 0 Å². The Balaban J connectivity index is 2.18. The minimum absolute atomic E-state index is 0.0412. The van der Waals surface area contributed by atoms with Crippen LogP contribution in [0.1, 0.15) is 17.3 Å². The predicted octanol–water partition coefficient (Wildman–Crippen LogP) is 5.10. The first-order valence-corrected chi connectivity index (χ1v) is 14.1. The molecule has 4 aromatic rings. The van der Waals surface area contributed by atoms with E-state index in [9.17, 15) is 27.6 Å². The van der Waals surface area contributed by atoms with Gasteiger partial charge in [0.25, 0.3) is 0 Å². The van der Waals surface area contributed by atoms with Gasteiger partial charge in [0.2, 0.25) is 5.78 Å². The van der Waals surface area contributed by atoms with Crippen LogP contribution in [0.5, 0.6) is 0 Å². The number of Topliss-reactive ketones (excluding diaryl/α,β-unsaturated/α-hetero) is 1. The Kier molecular flexibility index (Phi) is 8.70. The maximum absolute atomic E-state index is 14.5. The van der Waals surface area contributed by atoms with Gasteiger partial charge in [-0.2, -0.15) is 13.2 Å². The summed E-state index contributed by atoms with van der Waals surface area (Å²) in [5.41, 5.74) is -0.640. The molecule has 0 aromatic heterocycles. The first kappa shape index (κ1) is 28.6. The molecule has 40 heavy (non-hydrogen) atoms. The van der Waals surface area contributed by atoms with Gasteiger partial charge in [-0.05, 0) is 41.9 Å². The molecule has 0 spiro atoms. The molecule has 0 aliphatic heterocycles. The first-order chi connectivity index (χ1) is 19.2. The van der Waals surface area contributed by atoms with Crippen molar-refractivity contribution in [2.75, 3.05) is 11.9 Å². The average Bonchev–Trinajstić information content (AvgIpc) is 2.97. The molecule has 0 unspecified atom stereocenters.